The second-order valence-electron chi connectivity index (χ2n) is 6.57. The molecule has 1 amide bonds. The summed E-state index contributed by atoms with van der Waals surface area (Å²) in [6.07, 6.45) is 0. The number of benzene rings is 3. The van der Waals surface area contributed by atoms with Crippen LogP contribution in [0.2, 0.25) is 5.02 Å². The first kappa shape index (κ1) is 23.8. The Hall–Kier alpha value is -3.83. The third-order valence-corrected chi connectivity index (χ3v) is 5.93. The molecule has 0 bridgehead atoms. The summed E-state index contributed by atoms with van der Waals surface area (Å²) in [4.78, 5) is 22.2. The SMILES string of the molecule is COc1ccc(NS(=O)(=O)c2ccc(OCC(=O)Nc3cccc([N+](=O)[O-])c3)c(Cl)c2)cc1. The maximum atomic E-state index is 12.6. The molecule has 172 valence electrons. The second-order valence-corrected chi connectivity index (χ2v) is 8.66. The molecule has 0 saturated carbocycles. The Morgan fingerprint density at radius 1 is 1.06 bits per heavy atom. The number of non-ortho nitro benzene ring substituents is 1. The number of nitro groups is 1. The van der Waals surface area contributed by atoms with E-state index in [-0.39, 0.29) is 27.0 Å². The lowest BCUT2D eigenvalue weighted by atomic mass is 10.3. The van der Waals surface area contributed by atoms with Crippen LogP contribution in [-0.2, 0) is 14.8 Å². The smallest absolute Gasteiger partial charge is 0.271 e. The van der Waals surface area contributed by atoms with E-state index in [1.807, 2.05) is 0 Å². The fourth-order valence-electron chi connectivity index (χ4n) is 2.68. The molecule has 0 spiro atoms. The minimum atomic E-state index is -3.92. The molecule has 3 aromatic rings. The summed E-state index contributed by atoms with van der Waals surface area (Å²) in [5.74, 6) is 0.0932. The van der Waals surface area contributed by atoms with Crippen molar-refractivity contribution in [3.63, 3.8) is 0 Å². The Labute approximate surface area is 194 Å². The predicted octanol–water partition coefficient (Wildman–Crippen LogP) is 4.08. The van der Waals surface area contributed by atoms with Crippen molar-refractivity contribution in [2.45, 2.75) is 4.90 Å². The molecule has 33 heavy (non-hydrogen) atoms. The quantitative estimate of drug-likeness (QED) is 0.340. The van der Waals surface area contributed by atoms with Crippen molar-refractivity contribution in [3.8, 4) is 11.5 Å². The normalized spacial score (nSPS) is 10.8. The third-order valence-electron chi connectivity index (χ3n) is 4.26. The highest BCUT2D eigenvalue weighted by Crippen LogP contribution is 2.28. The zero-order chi connectivity index (χ0) is 24.0. The Morgan fingerprint density at radius 2 is 1.79 bits per heavy atom. The number of sulfonamides is 1. The molecule has 10 nitrogen and oxygen atoms in total. The fourth-order valence-corrected chi connectivity index (χ4v) is 4.06. The minimum Gasteiger partial charge on any atom is -0.497 e. The van der Waals surface area contributed by atoms with Crippen molar-refractivity contribution in [3.05, 3.63) is 81.9 Å². The average molecular weight is 492 g/mol. The molecular weight excluding hydrogens is 474 g/mol. The summed E-state index contributed by atoms with van der Waals surface area (Å²) in [5, 5.41) is 13.3. The van der Waals surface area contributed by atoms with Crippen molar-refractivity contribution >= 4 is 44.6 Å². The summed E-state index contributed by atoms with van der Waals surface area (Å²) in [5.41, 5.74) is 0.400. The highest BCUT2D eigenvalue weighted by molar-refractivity contribution is 7.92. The van der Waals surface area contributed by atoms with Crippen molar-refractivity contribution in [1.29, 1.82) is 0 Å². The number of anilines is 2. The van der Waals surface area contributed by atoms with E-state index in [1.165, 1.54) is 49.6 Å². The zero-order valence-electron chi connectivity index (χ0n) is 17.1. The Balaban J connectivity index is 1.63. The molecule has 0 aliphatic carbocycles. The number of methoxy groups -OCH3 is 1. The Morgan fingerprint density at radius 3 is 2.42 bits per heavy atom. The van der Waals surface area contributed by atoms with E-state index in [1.54, 1.807) is 24.3 Å². The van der Waals surface area contributed by atoms with Crippen molar-refractivity contribution < 1.29 is 27.6 Å². The monoisotopic (exact) mass is 491 g/mol. The molecule has 3 aromatic carbocycles. The third kappa shape index (κ3) is 6.34. The van der Waals surface area contributed by atoms with Crippen LogP contribution in [0.15, 0.2) is 71.6 Å². The van der Waals surface area contributed by atoms with Gasteiger partial charge in [-0.1, -0.05) is 17.7 Å². The molecule has 0 fully saturated rings. The van der Waals surface area contributed by atoms with Gasteiger partial charge in [-0.15, -0.1) is 0 Å². The maximum absolute atomic E-state index is 12.6. The number of nitrogens with one attached hydrogen (secondary N) is 2. The molecule has 0 aliphatic rings. The van der Waals surface area contributed by atoms with E-state index in [4.69, 9.17) is 21.1 Å². The lowest BCUT2D eigenvalue weighted by molar-refractivity contribution is -0.384. The van der Waals surface area contributed by atoms with Crippen LogP contribution >= 0.6 is 11.6 Å². The van der Waals surface area contributed by atoms with Crippen LogP contribution in [0.25, 0.3) is 0 Å². The number of rotatable bonds is 9. The number of hydrogen-bond acceptors (Lipinski definition) is 7. The van der Waals surface area contributed by atoms with Crippen molar-refractivity contribution in [1.82, 2.24) is 0 Å². The van der Waals surface area contributed by atoms with E-state index >= 15 is 0 Å². The molecule has 3 rings (SSSR count). The van der Waals surface area contributed by atoms with Gasteiger partial charge in [0.2, 0.25) is 0 Å². The average Bonchev–Trinajstić information content (AvgIpc) is 2.78. The molecule has 0 heterocycles. The predicted molar refractivity (Wildman–Crippen MR) is 122 cm³/mol. The molecule has 0 radical (unpaired) electrons. The number of amides is 1. The van der Waals surface area contributed by atoms with Gasteiger partial charge < -0.3 is 14.8 Å². The second kappa shape index (κ2) is 10.2. The van der Waals surface area contributed by atoms with Gasteiger partial charge in [-0.3, -0.25) is 19.6 Å². The van der Waals surface area contributed by atoms with Crippen LogP contribution in [0, 0.1) is 10.1 Å². The van der Waals surface area contributed by atoms with Crippen LogP contribution in [0.3, 0.4) is 0 Å². The number of nitrogens with zero attached hydrogens (tertiary/aromatic N) is 1. The van der Waals surface area contributed by atoms with E-state index < -0.39 is 27.5 Å². The lowest BCUT2D eigenvalue weighted by Crippen LogP contribution is -2.20. The van der Waals surface area contributed by atoms with Gasteiger partial charge in [-0.05, 0) is 48.5 Å². The zero-order valence-corrected chi connectivity index (χ0v) is 18.7. The summed E-state index contributed by atoms with van der Waals surface area (Å²) < 4.78 is 38.0. The summed E-state index contributed by atoms with van der Waals surface area (Å²) in [6, 6.07) is 15.6. The lowest BCUT2D eigenvalue weighted by Gasteiger charge is -2.12. The van der Waals surface area contributed by atoms with Crippen LogP contribution < -0.4 is 19.5 Å². The van der Waals surface area contributed by atoms with Gasteiger partial charge in [-0.2, -0.15) is 0 Å². The largest absolute Gasteiger partial charge is 0.497 e. The maximum Gasteiger partial charge on any atom is 0.271 e. The topological polar surface area (TPSA) is 137 Å². The van der Waals surface area contributed by atoms with Gasteiger partial charge in [0.05, 0.1) is 22.0 Å². The summed E-state index contributed by atoms with van der Waals surface area (Å²) >= 11 is 6.14. The van der Waals surface area contributed by atoms with Gasteiger partial charge in [0.1, 0.15) is 11.5 Å². The van der Waals surface area contributed by atoms with Crippen molar-refractivity contribution in [2.24, 2.45) is 0 Å². The molecule has 0 aliphatic heterocycles. The number of halogens is 1. The van der Waals surface area contributed by atoms with E-state index in [9.17, 15) is 23.3 Å². The van der Waals surface area contributed by atoms with Crippen LogP contribution in [0.1, 0.15) is 0 Å². The number of ether oxygens (including phenoxy) is 2. The number of nitro benzene ring substituents is 1. The molecule has 0 atom stereocenters. The highest BCUT2D eigenvalue weighted by Gasteiger charge is 2.17. The minimum absolute atomic E-state index is 0.0178. The van der Waals surface area contributed by atoms with Gasteiger partial charge >= 0.3 is 0 Å². The van der Waals surface area contributed by atoms with Crippen LogP contribution in [-0.4, -0.2) is 33.0 Å². The number of hydrogen-bond donors (Lipinski definition) is 2. The first-order valence-electron chi connectivity index (χ1n) is 9.31. The van der Waals surface area contributed by atoms with Gasteiger partial charge in [0, 0.05) is 23.5 Å². The van der Waals surface area contributed by atoms with Crippen molar-refractivity contribution in [2.75, 3.05) is 23.8 Å². The Bertz CT molecular complexity index is 1280. The molecule has 0 saturated heterocycles. The van der Waals surface area contributed by atoms with Gasteiger partial charge in [-0.25, -0.2) is 8.42 Å². The van der Waals surface area contributed by atoms with Crippen LogP contribution in [0.5, 0.6) is 11.5 Å². The molecule has 12 heteroatoms. The van der Waals surface area contributed by atoms with E-state index in [0.717, 1.165) is 0 Å². The first-order chi connectivity index (χ1) is 15.7. The van der Waals surface area contributed by atoms with Gasteiger partial charge in [0.15, 0.2) is 6.61 Å². The van der Waals surface area contributed by atoms with E-state index in [2.05, 4.69) is 10.0 Å². The highest BCUT2D eigenvalue weighted by atomic mass is 35.5. The molecule has 0 unspecified atom stereocenters. The van der Waals surface area contributed by atoms with E-state index in [0.29, 0.717) is 11.4 Å². The molecule has 2 N–H and O–H groups in total. The number of carbonyl (C=O) groups is 1. The van der Waals surface area contributed by atoms with Gasteiger partial charge in [0.25, 0.3) is 21.6 Å². The fraction of sp³-hybridized carbons (Fsp3) is 0.0952. The molecular formula is C21H18ClN3O7S. The summed E-state index contributed by atoms with van der Waals surface area (Å²) in [7, 11) is -2.42. The first-order valence-corrected chi connectivity index (χ1v) is 11.2. The molecule has 0 aromatic heterocycles. The number of carbonyl (C=O) groups excluding carboxylic acids is 1. The standard InChI is InChI=1S/C21H18ClN3O7S/c1-31-17-7-5-14(6-8-17)24-33(29,30)18-9-10-20(19(22)12-18)32-13-21(26)23-15-3-2-4-16(11-15)25(27)28/h2-12,24H,13H2,1H3,(H,23,26). The Kier molecular flexibility index (Phi) is 7.36. The summed E-state index contributed by atoms with van der Waals surface area (Å²) in [6.45, 7) is -0.446. The van der Waals surface area contributed by atoms with Crippen LogP contribution in [0.4, 0.5) is 17.1 Å².